The van der Waals surface area contributed by atoms with Gasteiger partial charge in [-0.2, -0.15) is 4.98 Å². The van der Waals surface area contributed by atoms with E-state index in [1.807, 2.05) is 30.3 Å². The van der Waals surface area contributed by atoms with Crippen molar-refractivity contribution < 1.29 is 4.74 Å². The molecule has 0 fully saturated rings. The van der Waals surface area contributed by atoms with Gasteiger partial charge in [0, 0.05) is 11.6 Å². The molecule has 3 aromatic rings. The van der Waals surface area contributed by atoms with E-state index in [1.165, 1.54) is 0 Å². The lowest BCUT2D eigenvalue weighted by atomic mass is 10.2. The van der Waals surface area contributed by atoms with Crippen LogP contribution in [0.1, 0.15) is 0 Å². The molecule has 0 saturated carbocycles. The highest BCUT2D eigenvalue weighted by Gasteiger charge is 2.08. The molecule has 0 saturated heterocycles. The third-order valence-corrected chi connectivity index (χ3v) is 2.88. The predicted octanol–water partition coefficient (Wildman–Crippen LogP) is 3.66. The van der Waals surface area contributed by atoms with Crippen LogP contribution in [-0.4, -0.2) is 9.97 Å². The topological polar surface area (TPSA) is 61.0 Å². The van der Waals surface area contributed by atoms with Crippen LogP contribution in [0.15, 0.2) is 48.7 Å². The van der Waals surface area contributed by atoms with Crippen molar-refractivity contribution >= 4 is 28.2 Å². The SMILES string of the molecule is Nc1ccc(Cl)nc1Oc1cccc2ncccc12. The molecule has 19 heavy (non-hydrogen) atoms. The highest BCUT2D eigenvalue weighted by Crippen LogP contribution is 2.31. The number of hydrogen-bond donors (Lipinski definition) is 1. The van der Waals surface area contributed by atoms with E-state index in [1.54, 1.807) is 18.3 Å². The summed E-state index contributed by atoms with van der Waals surface area (Å²) in [6.07, 6.45) is 1.73. The zero-order valence-corrected chi connectivity index (χ0v) is 10.6. The van der Waals surface area contributed by atoms with Gasteiger partial charge in [-0.3, -0.25) is 4.98 Å². The maximum absolute atomic E-state index is 5.84. The Kier molecular flexibility index (Phi) is 2.93. The van der Waals surface area contributed by atoms with Crippen molar-refractivity contribution in [3.63, 3.8) is 0 Å². The van der Waals surface area contributed by atoms with E-state index in [4.69, 9.17) is 22.1 Å². The van der Waals surface area contributed by atoms with Crippen LogP contribution in [0, 0.1) is 0 Å². The van der Waals surface area contributed by atoms with Gasteiger partial charge in [0.05, 0.1) is 11.2 Å². The smallest absolute Gasteiger partial charge is 0.244 e. The van der Waals surface area contributed by atoms with Gasteiger partial charge in [-0.05, 0) is 36.4 Å². The molecule has 3 rings (SSSR count). The van der Waals surface area contributed by atoms with E-state index in [-0.39, 0.29) is 0 Å². The number of fused-ring (bicyclic) bond motifs is 1. The Hall–Kier alpha value is -2.33. The Bertz CT molecular complexity index is 740. The van der Waals surface area contributed by atoms with Crippen molar-refractivity contribution in [1.82, 2.24) is 9.97 Å². The highest BCUT2D eigenvalue weighted by molar-refractivity contribution is 6.29. The van der Waals surface area contributed by atoms with Crippen molar-refractivity contribution in [2.24, 2.45) is 0 Å². The first kappa shape index (κ1) is 11.7. The average molecular weight is 272 g/mol. The van der Waals surface area contributed by atoms with E-state index >= 15 is 0 Å². The highest BCUT2D eigenvalue weighted by atomic mass is 35.5. The summed E-state index contributed by atoms with van der Waals surface area (Å²) in [7, 11) is 0. The molecule has 2 aromatic heterocycles. The van der Waals surface area contributed by atoms with Gasteiger partial charge >= 0.3 is 0 Å². The standard InChI is InChI=1S/C14H10ClN3O/c15-13-7-6-10(16)14(18-13)19-12-5-1-4-11-9(12)3-2-8-17-11/h1-8H,16H2. The monoisotopic (exact) mass is 271 g/mol. The molecule has 0 aliphatic carbocycles. The Balaban J connectivity index is 2.08. The van der Waals surface area contributed by atoms with Crippen LogP contribution in [0.3, 0.4) is 0 Å². The van der Waals surface area contributed by atoms with Gasteiger partial charge < -0.3 is 10.5 Å². The lowest BCUT2D eigenvalue weighted by Crippen LogP contribution is -1.95. The first-order chi connectivity index (χ1) is 9.24. The second-order valence-electron chi connectivity index (χ2n) is 3.96. The van der Waals surface area contributed by atoms with Gasteiger partial charge in [-0.1, -0.05) is 17.7 Å². The van der Waals surface area contributed by atoms with Crippen molar-refractivity contribution in [3.05, 3.63) is 53.8 Å². The Morgan fingerprint density at radius 2 is 1.95 bits per heavy atom. The van der Waals surface area contributed by atoms with Crippen LogP contribution < -0.4 is 10.5 Å². The van der Waals surface area contributed by atoms with Gasteiger partial charge in [0.2, 0.25) is 5.88 Å². The minimum atomic E-state index is 0.295. The fourth-order valence-electron chi connectivity index (χ4n) is 1.78. The first-order valence-electron chi connectivity index (χ1n) is 5.67. The molecule has 2 heterocycles. The Morgan fingerprint density at radius 3 is 2.84 bits per heavy atom. The molecular weight excluding hydrogens is 262 g/mol. The molecule has 0 aliphatic heterocycles. The number of ether oxygens (including phenoxy) is 1. The van der Waals surface area contributed by atoms with E-state index in [0.717, 1.165) is 10.9 Å². The summed E-state index contributed by atoms with van der Waals surface area (Å²) in [5, 5.41) is 1.23. The molecule has 0 radical (unpaired) electrons. The second-order valence-corrected chi connectivity index (χ2v) is 4.34. The molecule has 94 valence electrons. The van der Waals surface area contributed by atoms with Gasteiger partial charge in [0.15, 0.2) is 0 Å². The lowest BCUT2D eigenvalue weighted by molar-refractivity contribution is 0.471. The maximum Gasteiger partial charge on any atom is 0.244 e. The molecule has 0 amide bonds. The van der Waals surface area contributed by atoms with Crippen LogP contribution in [-0.2, 0) is 0 Å². The van der Waals surface area contributed by atoms with E-state index < -0.39 is 0 Å². The molecule has 1 aromatic carbocycles. The van der Waals surface area contributed by atoms with Crippen molar-refractivity contribution in [3.8, 4) is 11.6 Å². The van der Waals surface area contributed by atoms with Crippen LogP contribution >= 0.6 is 11.6 Å². The molecule has 5 heteroatoms. The summed E-state index contributed by atoms with van der Waals surface area (Å²) < 4.78 is 5.74. The number of anilines is 1. The molecule has 0 spiro atoms. The van der Waals surface area contributed by atoms with Gasteiger partial charge in [-0.25, -0.2) is 0 Å². The lowest BCUT2D eigenvalue weighted by Gasteiger charge is -2.09. The quantitative estimate of drug-likeness (QED) is 0.723. The van der Waals surface area contributed by atoms with Crippen LogP contribution in [0.5, 0.6) is 11.6 Å². The van der Waals surface area contributed by atoms with E-state index in [2.05, 4.69) is 9.97 Å². The van der Waals surface area contributed by atoms with Gasteiger partial charge in [0.25, 0.3) is 0 Å². The number of rotatable bonds is 2. The average Bonchev–Trinajstić information content (AvgIpc) is 2.43. The van der Waals surface area contributed by atoms with Crippen molar-refractivity contribution in [2.75, 3.05) is 5.73 Å². The normalized spacial score (nSPS) is 10.6. The number of nitrogens with zero attached hydrogens (tertiary/aromatic N) is 2. The summed E-state index contributed by atoms with van der Waals surface area (Å²) in [5.74, 6) is 0.941. The predicted molar refractivity (Wildman–Crippen MR) is 75.5 cm³/mol. The summed E-state index contributed by atoms with van der Waals surface area (Å²) in [6, 6.07) is 12.7. The molecule has 2 N–H and O–H groups in total. The first-order valence-corrected chi connectivity index (χ1v) is 6.05. The molecular formula is C14H10ClN3O. The van der Waals surface area contributed by atoms with E-state index in [0.29, 0.717) is 22.5 Å². The molecule has 4 nitrogen and oxygen atoms in total. The van der Waals surface area contributed by atoms with Gasteiger partial charge in [0.1, 0.15) is 10.9 Å². The summed E-state index contributed by atoms with van der Waals surface area (Å²) in [4.78, 5) is 8.34. The van der Waals surface area contributed by atoms with Crippen molar-refractivity contribution in [2.45, 2.75) is 0 Å². The minimum Gasteiger partial charge on any atom is -0.436 e. The summed E-state index contributed by atoms with van der Waals surface area (Å²) in [5.41, 5.74) is 7.10. The summed E-state index contributed by atoms with van der Waals surface area (Å²) in [6.45, 7) is 0. The van der Waals surface area contributed by atoms with Crippen molar-refractivity contribution in [1.29, 1.82) is 0 Å². The number of pyridine rings is 2. The Labute approximate surface area is 114 Å². The molecule has 0 bridgehead atoms. The van der Waals surface area contributed by atoms with Crippen LogP contribution in [0.4, 0.5) is 5.69 Å². The summed E-state index contributed by atoms with van der Waals surface area (Å²) >= 11 is 5.84. The number of hydrogen-bond acceptors (Lipinski definition) is 4. The zero-order valence-electron chi connectivity index (χ0n) is 9.88. The fourth-order valence-corrected chi connectivity index (χ4v) is 1.92. The fraction of sp³-hybridized carbons (Fsp3) is 0. The van der Waals surface area contributed by atoms with Crippen LogP contribution in [0.25, 0.3) is 10.9 Å². The number of aromatic nitrogens is 2. The largest absolute Gasteiger partial charge is 0.436 e. The molecule has 0 unspecified atom stereocenters. The third-order valence-electron chi connectivity index (χ3n) is 2.67. The third kappa shape index (κ3) is 2.30. The minimum absolute atomic E-state index is 0.295. The zero-order chi connectivity index (χ0) is 13.2. The van der Waals surface area contributed by atoms with E-state index in [9.17, 15) is 0 Å². The molecule has 0 atom stereocenters. The molecule has 0 aliphatic rings. The van der Waals surface area contributed by atoms with Crippen LogP contribution in [0.2, 0.25) is 5.15 Å². The number of nitrogens with two attached hydrogens (primary N) is 1. The number of nitrogen functional groups attached to an aromatic ring is 1. The Morgan fingerprint density at radius 1 is 1.05 bits per heavy atom. The second kappa shape index (κ2) is 4.74. The number of halogens is 1. The maximum atomic E-state index is 5.84. The van der Waals surface area contributed by atoms with Gasteiger partial charge in [-0.15, -0.1) is 0 Å². The number of benzene rings is 1.